The van der Waals surface area contributed by atoms with Crippen molar-refractivity contribution >= 4 is 34.1 Å². The standard InChI is InChI=1S/C32H43N5O4S/c1-19(2)24-16-37(28-26(38)17-41-29(24)28)31(40)27(20-7-5-4-6-8-20)23-15-21(9-10-22(23)30(33)39)25-18-42-32(34-25)36-13-11-35(3)12-14-36/h9-10,15,18-20,24,27-29H,4-8,11-14,16-17H2,1-3H3,(H2,33,39)/t24-,27+,28-,29-/m1/s1. The van der Waals surface area contributed by atoms with Gasteiger partial charge in [-0.25, -0.2) is 4.98 Å². The van der Waals surface area contributed by atoms with E-state index in [0.717, 1.165) is 74.7 Å². The number of nitrogens with zero attached hydrogens (tertiary/aromatic N) is 4. The number of ketones is 1. The first-order valence-electron chi connectivity index (χ1n) is 15.5. The number of likely N-dealkylation sites (N-methyl/N-ethyl adjacent to an activating group) is 1. The van der Waals surface area contributed by atoms with Crippen LogP contribution in [-0.4, -0.2) is 90.9 Å². The highest BCUT2D eigenvalue weighted by Gasteiger charge is 2.54. The van der Waals surface area contributed by atoms with Gasteiger partial charge in [-0.1, -0.05) is 39.2 Å². The van der Waals surface area contributed by atoms with E-state index in [1.54, 1.807) is 22.3 Å². The number of amides is 2. The van der Waals surface area contributed by atoms with Gasteiger partial charge in [0.05, 0.1) is 17.7 Å². The zero-order valence-electron chi connectivity index (χ0n) is 25.0. The third kappa shape index (κ3) is 5.49. The number of primary amides is 1. The number of benzene rings is 1. The molecule has 226 valence electrons. The van der Waals surface area contributed by atoms with Crippen molar-refractivity contribution in [3.8, 4) is 11.3 Å². The van der Waals surface area contributed by atoms with Crippen LogP contribution in [0.1, 0.15) is 67.8 Å². The molecule has 42 heavy (non-hydrogen) atoms. The Labute approximate surface area is 252 Å². The molecule has 3 saturated heterocycles. The molecule has 10 heteroatoms. The summed E-state index contributed by atoms with van der Waals surface area (Å²) in [5, 5.41) is 3.04. The number of anilines is 1. The molecule has 0 radical (unpaired) electrons. The number of aromatic nitrogens is 1. The quantitative estimate of drug-likeness (QED) is 0.521. The SMILES string of the molecule is CC(C)[C@H]1CN(C(=O)[C@H](c2cc(-c3csc(N4CCN(C)CC4)n3)ccc2C(N)=O)C2CCCCC2)[C@@H]2C(=O)CO[C@H]12. The molecule has 0 unspecified atom stereocenters. The van der Waals surface area contributed by atoms with Crippen molar-refractivity contribution in [2.75, 3.05) is 51.3 Å². The number of nitrogens with two attached hydrogens (primary N) is 1. The lowest BCUT2D eigenvalue weighted by Crippen LogP contribution is -2.46. The number of piperazine rings is 1. The Hall–Kier alpha value is -2.82. The summed E-state index contributed by atoms with van der Waals surface area (Å²) in [5.41, 5.74) is 8.70. The molecule has 4 aliphatic rings. The van der Waals surface area contributed by atoms with Crippen molar-refractivity contribution < 1.29 is 19.1 Å². The molecule has 0 spiro atoms. The number of carbonyl (C=O) groups is 3. The summed E-state index contributed by atoms with van der Waals surface area (Å²) >= 11 is 1.62. The van der Waals surface area contributed by atoms with Gasteiger partial charge in [0.1, 0.15) is 12.6 Å². The van der Waals surface area contributed by atoms with E-state index in [-0.39, 0.29) is 42.2 Å². The van der Waals surface area contributed by atoms with Crippen molar-refractivity contribution in [3.05, 3.63) is 34.7 Å². The second-order valence-electron chi connectivity index (χ2n) is 12.9. The van der Waals surface area contributed by atoms with Crippen LogP contribution in [0.3, 0.4) is 0 Å². The van der Waals surface area contributed by atoms with Gasteiger partial charge < -0.3 is 25.2 Å². The van der Waals surface area contributed by atoms with Gasteiger partial charge >= 0.3 is 0 Å². The monoisotopic (exact) mass is 593 g/mol. The fourth-order valence-corrected chi connectivity index (χ4v) is 8.38. The average Bonchev–Trinajstić information content (AvgIpc) is 3.71. The lowest BCUT2D eigenvalue weighted by atomic mass is 9.74. The number of thiazole rings is 1. The topological polar surface area (TPSA) is 109 Å². The van der Waals surface area contributed by atoms with Crippen molar-refractivity contribution in [2.24, 2.45) is 23.5 Å². The van der Waals surface area contributed by atoms with Gasteiger partial charge in [-0.15, -0.1) is 11.3 Å². The summed E-state index contributed by atoms with van der Waals surface area (Å²) in [6.07, 6.45) is 4.78. The number of hydrogen-bond donors (Lipinski definition) is 1. The molecule has 2 N–H and O–H groups in total. The Balaban J connectivity index is 1.38. The second-order valence-corrected chi connectivity index (χ2v) is 13.8. The molecule has 1 aromatic heterocycles. The molecule has 3 aliphatic heterocycles. The molecule has 4 atom stereocenters. The second kappa shape index (κ2) is 12.1. The van der Waals surface area contributed by atoms with E-state index < -0.39 is 17.9 Å². The summed E-state index contributed by atoms with van der Waals surface area (Å²) in [6, 6.07) is 5.07. The minimum absolute atomic E-state index is 0.0262. The lowest BCUT2D eigenvalue weighted by molar-refractivity contribution is -0.139. The highest BCUT2D eigenvalue weighted by Crippen LogP contribution is 2.44. The normalized spacial score (nSPS) is 26.2. The van der Waals surface area contributed by atoms with Crippen LogP contribution in [-0.2, 0) is 14.3 Å². The molecule has 1 aliphatic carbocycles. The van der Waals surface area contributed by atoms with E-state index in [9.17, 15) is 14.4 Å². The molecule has 9 nitrogen and oxygen atoms in total. The zero-order chi connectivity index (χ0) is 29.5. The molecular formula is C32H43N5O4S. The Morgan fingerprint density at radius 3 is 2.52 bits per heavy atom. The zero-order valence-corrected chi connectivity index (χ0v) is 25.8. The van der Waals surface area contributed by atoms with E-state index >= 15 is 0 Å². The van der Waals surface area contributed by atoms with Crippen LogP contribution in [0.4, 0.5) is 5.13 Å². The first-order chi connectivity index (χ1) is 20.2. The van der Waals surface area contributed by atoms with E-state index in [4.69, 9.17) is 15.5 Å². The maximum absolute atomic E-state index is 14.7. The number of carbonyl (C=O) groups excluding carboxylic acids is 3. The molecule has 4 heterocycles. The van der Waals surface area contributed by atoms with Crippen molar-refractivity contribution in [2.45, 2.75) is 64.0 Å². The number of likely N-dealkylation sites (tertiary alicyclic amines) is 1. The van der Waals surface area contributed by atoms with Crippen LogP contribution in [0.25, 0.3) is 11.3 Å². The largest absolute Gasteiger partial charge is 0.367 e. The number of fused-ring (bicyclic) bond motifs is 1. The summed E-state index contributed by atoms with van der Waals surface area (Å²) < 4.78 is 5.94. The van der Waals surface area contributed by atoms with Crippen LogP contribution < -0.4 is 10.6 Å². The summed E-state index contributed by atoms with van der Waals surface area (Å²) in [7, 11) is 2.14. The van der Waals surface area contributed by atoms with Crippen LogP contribution >= 0.6 is 11.3 Å². The number of ether oxygens (including phenoxy) is 1. The van der Waals surface area contributed by atoms with Gasteiger partial charge in [0.2, 0.25) is 11.8 Å². The lowest BCUT2D eigenvalue weighted by Gasteiger charge is -2.35. The van der Waals surface area contributed by atoms with E-state index in [2.05, 4.69) is 36.1 Å². The Bertz CT molecular complexity index is 1330. The van der Waals surface area contributed by atoms with Gasteiger partial charge in [0, 0.05) is 55.1 Å². The predicted octanol–water partition coefficient (Wildman–Crippen LogP) is 3.78. The van der Waals surface area contributed by atoms with Gasteiger partial charge in [-0.2, -0.15) is 0 Å². The number of rotatable bonds is 7. The third-order valence-electron chi connectivity index (χ3n) is 9.96. The van der Waals surface area contributed by atoms with Gasteiger partial charge in [-0.3, -0.25) is 14.4 Å². The molecule has 1 saturated carbocycles. The van der Waals surface area contributed by atoms with E-state index in [0.29, 0.717) is 17.7 Å². The third-order valence-corrected chi connectivity index (χ3v) is 10.9. The molecule has 1 aromatic carbocycles. The van der Waals surface area contributed by atoms with Gasteiger partial charge in [-0.05, 0) is 49.4 Å². The number of Topliss-reactive ketones (excluding diaryl/α,β-unsaturated/α-hetero) is 1. The summed E-state index contributed by atoms with van der Waals surface area (Å²) in [4.78, 5) is 51.9. The Morgan fingerprint density at radius 2 is 1.83 bits per heavy atom. The number of hydrogen-bond acceptors (Lipinski definition) is 8. The van der Waals surface area contributed by atoms with Crippen LogP contribution in [0.5, 0.6) is 0 Å². The maximum Gasteiger partial charge on any atom is 0.249 e. The minimum Gasteiger partial charge on any atom is -0.367 e. The van der Waals surface area contributed by atoms with Crippen LogP contribution in [0, 0.1) is 17.8 Å². The van der Waals surface area contributed by atoms with Crippen molar-refractivity contribution in [1.29, 1.82) is 0 Å². The van der Waals surface area contributed by atoms with Crippen LogP contribution in [0.15, 0.2) is 23.6 Å². The van der Waals surface area contributed by atoms with Gasteiger partial charge in [0.15, 0.2) is 10.9 Å². The van der Waals surface area contributed by atoms with E-state index in [1.807, 2.05) is 12.1 Å². The highest BCUT2D eigenvalue weighted by molar-refractivity contribution is 7.14. The molecule has 2 amide bonds. The molecule has 0 bridgehead atoms. The highest BCUT2D eigenvalue weighted by atomic mass is 32.1. The molecular weight excluding hydrogens is 550 g/mol. The first-order valence-corrected chi connectivity index (χ1v) is 16.4. The minimum atomic E-state index is -0.555. The van der Waals surface area contributed by atoms with Gasteiger partial charge in [0.25, 0.3) is 0 Å². The predicted molar refractivity (Wildman–Crippen MR) is 164 cm³/mol. The van der Waals surface area contributed by atoms with E-state index in [1.165, 1.54) is 0 Å². The van der Waals surface area contributed by atoms with Crippen molar-refractivity contribution in [3.63, 3.8) is 0 Å². The molecule has 2 aromatic rings. The summed E-state index contributed by atoms with van der Waals surface area (Å²) in [6.45, 7) is 8.67. The first kappa shape index (κ1) is 29.3. The van der Waals surface area contributed by atoms with Crippen molar-refractivity contribution in [1.82, 2.24) is 14.8 Å². The fourth-order valence-electron chi connectivity index (χ4n) is 7.49. The summed E-state index contributed by atoms with van der Waals surface area (Å²) in [5.74, 6) is -0.744. The smallest absolute Gasteiger partial charge is 0.249 e. The maximum atomic E-state index is 14.7. The average molecular weight is 594 g/mol. The Kier molecular flexibility index (Phi) is 8.40. The molecule has 4 fully saturated rings. The molecule has 6 rings (SSSR count). The fraction of sp³-hybridized carbons (Fsp3) is 0.625. The van der Waals surface area contributed by atoms with Crippen LogP contribution in [0.2, 0.25) is 0 Å². The Morgan fingerprint density at radius 1 is 1.10 bits per heavy atom.